The lowest BCUT2D eigenvalue weighted by Crippen LogP contribution is -2.40. The number of hydrogen-bond donors (Lipinski definition) is 1. The molecular weight excluding hydrogens is 316 g/mol. The lowest BCUT2D eigenvalue weighted by Gasteiger charge is -2.19. The molecule has 0 saturated carbocycles. The zero-order valence-corrected chi connectivity index (χ0v) is 14.4. The molecule has 6 nitrogen and oxygen atoms in total. The van der Waals surface area contributed by atoms with Crippen molar-refractivity contribution in [3.8, 4) is 5.75 Å². The zero-order valence-electron chi connectivity index (χ0n) is 14.4. The Morgan fingerprint density at radius 2 is 2.16 bits per heavy atom. The fraction of sp³-hybridized carbons (Fsp3) is 0.421. The van der Waals surface area contributed by atoms with Gasteiger partial charge in [0.1, 0.15) is 11.6 Å². The molecule has 1 saturated heterocycles. The number of carbonyl (C=O) groups excluding carboxylic acids is 1. The maximum atomic E-state index is 12.6. The minimum atomic E-state index is -0.0268. The Hall–Kier alpha value is -2.47. The van der Waals surface area contributed by atoms with E-state index in [4.69, 9.17) is 9.72 Å². The Morgan fingerprint density at radius 1 is 1.32 bits per heavy atom. The van der Waals surface area contributed by atoms with Crippen molar-refractivity contribution in [2.45, 2.75) is 38.4 Å². The van der Waals surface area contributed by atoms with E-state index in [2.05, 4.69) is 10.3 Å². The molecule has 1 amide bonds. The quantitative estimate of drug-likeness (QED) is 0.918. The van der Waals surface area contributed by atoms with Crippen LogP contribution in [0.3, 0.4) is 0 Å². The highest BCUT2D eigenvalue weighted by Crippen LogP contribution is 2.23. The van der Waals surface area contributed by atoms with Crippen LogP contribution < -0.4 is 10.1 Å². The van der Waals surface area contributed by atoms with Crippen LogP contribution in [0.1, 0.15) is 35.5 Å². The standard InChI is InChI=1S/C19H22N4O2/c1-25-15-6-4-13(5-7-15)9-18-21-10-14-11-23(12-17(14)22-18)19(24)16-3-2-8-20-16/h4-7,10,16,20H,2-3,8-9,11-12H2,1H3/t16-/m0/s1. The van der Waals surface area contributed by atoms with Crippen LogP contribution in [0.5, 0.6) is 5.75 Å². The third-order valence-corrected chi connectivity index (χ3v) is 4.90. The molecule has 4 rings (SSSR count). The highest BCUT2D eigenvalue weighted by molar-refractivity contribution is 5.82. The predicted octanol–water partition coefficient (Wildman–Crippen LogP) is 1.67. The molecular formula is C19H22N4O2. The Balaban J connectivity index is 1.45. The molecule has 0 radical (unpaired) electrons. The average Bonchev–Trinajstić information content (AvgIpc) is 3.31. The molecule has 0 unspecified atom stereocenters. The van der Waals surface area contributed by atoms with E-state index in [1.54, 1.807) is 7.11 Å². The van der Waals surface area contributed by atoms with E-state index in [9.17, 15) is 4.79 Å². The minimum absolute atomic E-state index is 0.0268. The molecule has 0 bridgehead atoms. The molecule has 1 N–H and O–H groups in total. The minimum Gasteiger partial charge on any atom is -0.497 e. The number of fused-ring (bicyclic) bond motifs is 1. The van der Waals surface area contributed by atoms with Crippen molar-refractivity contribution in [2.24, 2.45) is 0 Å². The Bertz CT molecular complexity index is 769. The summed E-state index contributed by atoms with van der Waals surface area (Å²) in [6, 6.07) is 7.91. The van der Waals surface area contributed by atoms with Crippen molar-refractivity contribution in [1.82, 2.24) is 20.2 Å². The number of methoxy groups -OCH3 is 1. The fourth-order valence-corrected chi connectivity index (χ4v) is 3.48. The zero-order chi connectivity index (χ0) is 17.2. The maximum Gasteiger partial charge on any atom is 0.240 e. The summed E-state index contributed by atoms with van der Waals surface area (Å²) >= 11 is 0. The summed E-state index contributed by atoms with van der Waals surface area (Å²) in [4.78, 5) is 23.6. The van der Waals surface area contributed by atoms with Crippen LogP contribution in [0.2, 0.25) is 0 Å². The third-order valence-electron chi connectivity index (χ3n) is 4.90. The van der Waals surface area contributed by atoms with E-state index in [1.165, 1.54) is 0 Å². The normalized spacial score (nSPS) is 19.1. The number of aromatic nitrogens is 2. The molecule has 2 aromatic rings. The first-order valence-electron chi connectivity index (χ1n) is 8.71. The van der Waals surface area contributed by atoms with Gasteiger partial charge in [-0.15, -0.1) is 0 Å². The van der Waals surface area contributed by atoms with Crippen molar-refractivity contribution < 1.29 is 9.53 Å². The number of nitrogens with one attached hydrogen (secondary N) is 1. The molecule has 0 aliphatic carbocycles. The van der Waals surface area contributed by atoms with Gasteiger partial charge in [0.05, 0.1) is 25.4 Å². The molecule has 1 aromatic carbocycles. The van der Waals surface area contributed by atoms with Crippen molar-refractivity contribution >= 4 is 5.91 Å². The van der Waals surface area contributed by atoms with Crippen molar-refractivity contribution in [2.75, 3.05) is 13.7 Å². The first kappa shape index (κ1) is 16.0. The van der Waals surface area contributed by atoms with Gasteiger partial charge in [0, 0.05) is 24.7 Å². The summed E-state index contributed by atoms with van der Waals surface area (Å²) in [7, 11) is 1.66. The van der Waals surface area contributed by atoms with Gasteiger partial charge in [-0.2, -0.15) is 0 Å². The maximum absolute atomic E-state index is 12.6. The number of hydrogen-bond acceptors (Lipinski definition) is 5. The van der Waals surface area contributed by atoms with Crippen LogP contribution in [0.4, 0.5) is 0 Å². The van der Waals surface area contributed by atoms with Crippen LogP contribution in [0.25, 0.3) is 0 Å². The van der Waals surface area contributed by atoms with Crippen LogP contribution in [0.15, 0.2) is 30.5 Å². The third kappa shape index (κ3) is 3.35. The van der Waals surface area contributed by atoms with Crippen LogP contribution in [-0.2, 0) is 24.3 Å². The lowest BCUT2D eigenvalue weighted by molar-refractivity contribution is -0.133. The molecule has 1 atom stereocenters. The molecule has 3 heterocycles. The molecule has 6 heteroatoms. The van der Waals surface area contributed by atoms with E-state index in [0.29, 0.717) is 19.5 Å². The molecule has 2 aliphatic heterocycles. The van der Waals surface area contributed by atoms with Gasteiger partial charge in [0.25, 0.3) is 0 Å². The summed E-state index contributed by atoms with van der Waals surface area (Å²) in [6.45, 7) is 2.14. The average molecular weight is 338 g/mol. The topological polar surface area (TPSA) is 67.4 Å². The number of benzene rings is 1. The summed E-state index contributed by atoms with van der Waals surface area (Å²) < 4.78 is 5.18. The van der Waals surface area contributed by atoms with E-state index in [-0.39, 0.29) is 11.9 Å². The first-order chi connectivity index (χ1) is 12.2. The Labute approximate surface area is 147 Å². The summed E-state index contributed by atoms with van der Waals surface area (Å²) in [5.41, 5.74) is 3.18. The van der Waals surface area contributed by atoms with Gasteiger partial charge in [0.15, 0.2) is 0 Å². The number of nitrogens with zero attached hydrogens (tertiary/aromatic N) is 3. The fourth-order valence-electron chi connectivity index (χ4n) is 3.48. The summed E-state index contributed by atoms with van der Waals surface area (Å²) in [6.07, 6.45) is 4.55. The second-order valence-corrected chi connectivity index (χ2v) is 6.63. The van der Waals surface area contributed by atoms with Gasteiger partial charge in [-0.1, -0.05) is 12.1 Å². The first-order valence-corrected chi connectivity index (χ1v) is 8.71. The molecule has 130 valence electrons. The molecule has 2 aliphatic rings. The van der Waals surface area contributed by atoms with Gasteiger partial charge in [-0.25, -0.2) is 9.97 Å². The van der Waals surface area contributed by atoms with Gasteiger partial charge in [-0.3, -0.25) is 4.79 Å². The van der Waals surface area contributed by atoms with Crippen LogP contribution in [-0.4, -0.2) is 40.5 Å². The number of rotatable bonds is 4. The van der Waals surface area contributed by atoms with Crippen LogP contribution in [0, 0.1) is 0 Å². The highest BCUT2D eigenvalue weighted by Gasteiger charge is 2.31. The van der Waals surface area contributed by atoms with Gasteiger partial charge >= 0.3 is 0 Å². The lowest BCUT2D eigenvalue weighted by atomic mass is 10.1. The van der Waals surface area contributed by atoms with E-state index in [1.807, 2.05) is 35.4 Å². The molecule has 1 fully saturated rings. The number of carbonyl (C=O) groups is 1. The molecule has 0 spiro atoms. The van der Waals surface area contributed by atoms with Crippen molar-refractivity contribution in [3.05, 3.63) is 53.1 Å². The Kier molecular flexibility index (Phi) is 4.36. The Morgan fingerprint density at radius 3 is 2.88 bits per heavy atom. The van der Waals surface area contributed by atoms with Crippen molar-refractivity contribution in [1.29, 1.82) is 0 Å². The van der Waals surface area contributed by atoms with Gasteiger partial charge in [-0.05, 0) is 37.1 Å². The second kappa shape index (κ2) is 6.80. The molecule has 1 aromatic heterocycles. The second-order valence-electron chi connectivity index (χ2n) is 6.63. The smallest absolute Gasteiger partial charge is 0.240 e. The van der Waals surface area contributed by atoms with E-state index in [0.717, 1.165) is 47.8 Å². The highest BCUT2D eigenvalue weighted by atomic mass is 16.5. The number of amides is 1. The predicted molar refractivity (Wildman–Crippen MR) is 93.1 cm³/mol. The van der Waals surface area contributed by atoms with Gasteiger partial charge in [0.2, 0.25) is 5.91 Å². The van der Waals surface area contributed by atoms with Crippen LogP contribution >= 0.6 is 0 Å². The number of ether oxygens (including phenoxy) is 1. The van der Waals surface area contributed by atoms with Crippen molar-refractivity contribution in [3.63, 3.8) is 0 Å². The van der Waals surface area contributed by atoms with E-state index >= 15 is 0 Å². The largest absolute Gasteiger partial charge is 0.497 e. The molecule has 25 heavy (non-hydrogen) atoms. The summed E-state index contributed by atoms with van der Waals surface area (Å²) in [5.74, 6) is 1.82. The van der Waals surface area contributed by atoms with E-state index < -0.39 is 0 Å². The monoisotopic (exact) mass is 338 g/mol. The van der Waals surface area contributed by atoms with Gasteiger partial charge < -0.3 is 15.0 Å². The summed E-state index contributed by atoms with van der Waals surface area (Å²) in [5, 5.41) is 3.28. The SMILES string of the molecule is COc1ccc(Cc2ncc3c(n2)CN(C(=O)[C@@H]2CCCN2)C3)cc1.